The van der Waals surface area contributed by atoms with Crippen molar-refractivity contribution in [1.29, 1.82) is 0 Å². The van der Waals surface area contributed by atoms with E-state index in [-0.39, 0.29) is 5.76 Å². The SMILES string of the molecule is O=C(OC1=C[C](P(=O)(O)O)([Zr]([Cl])([Cl])[Cl])C=C1)c1ccccc1. The molecular formula is C12H10Cl3O5PZr. The summed E-state index contributed by atoms with van der Waals surface area (Å²) in [4.78, 5) is 31.0. The number of ether oxygens (including phenoxy) is 1. The molecule has 0 bridgehead atoms. The molecule has 1 aliphatic carbocycles. The maximum atomic E-state index is 11.9. The van der Waals surface area contributed by atoms with Crippen LogP contribution in [0.3, 0.4) is 0 Å². The monoisotopic (exact) mass is 460 g/mol. The van der Waals surface area contributed by atoms with Crippen molar-refractivity contribution in [1.82, 2.24) is 0 Å². The summed E-state index contributed by atoms with van der Waals surface area (Å²) < 4.78 is 14.9. The molecule has 0 saturated heterocycles. The standard InChI is InChI=1S/C12H10O5P.3ClH.Zr/c13-12(9-4-2-1-3-5-9)17-10-6-7-11(8-10)18(14,15)16;;;;/h1-8H,(H2,14,15,16);3*1H;/q;;;;+3/p-3. The topological polar surface area (TPSA) is 83.8 Å². The van der Waals surface area contributed by atoms with E-state index in [2.05, 4.69) is 0 Å². The number of carbonyl (C=O) groups is 1. The van der Waals surface area contributed by atoms with Crippen LogP contribution in [0.25, 0.3) is 0 Å². The van der Waals surface area contributed by atoms with Gasteiger partial charge in [-0.05, 0) is 0 Å². The minimum absolute atomic E-state index is 0.0554. The third-order valence-electron chi connectivity index (χ3n) is 3.02. The fourth-order valence-electron chi connectivity index (χ4n) is 1.85. The third kappa shape index (κ3) is 3.59. The van der Waals surface area contributed by atoms with E-state index in [1.807, 2.05) is 0 Å². The van der Waals surface area contributed by atoms with E-state index in [0.717, 1.165) is 12.2 Å². The number of esters is 1. The van der Waals surface area contributed by atoms with Crippen molar-refractivity contribution in [3.63, 3.8) is 0 Å². The Hall–Kier alpha value is 0.0731. The summed E-state index contributed by atoms with van der Waals surface area (Å²) in [6.07, 6.45) is 3.39. The molecule has 10 heteroatoms. The fraction of sp³-hybridized carbons (Fsp3) is 0.0833. The first-order chi connectivity index (χ1) is 10.1. The number of halogens is 3. The predicted molar refractivity (Wildman–Crippen MR) is 81.4 cm³/mol. The average molecular weight is 463 g/mol. The van der Waals surface area contributed by atoms with E-state index < -0.39 is 33.1 Å². The molecule has 0 amide bonds. The first-order valence-corrected chi connectivity index (χ1v) is 18.2. The zero-order valence-electron chi connectivity index (χ0n) is 10.8. The van der Waals surface area contributed by atoms with Crippen molar-refractivity contribution in [3.05, 3.63) is 59.9 Å². The molecule has 1 aromatic rings. The van der Waals surface area contributed by atoms with Crippen molar-refractivity contribution >= 4 is 39.1 Å². The van der Waals surface area contributed by atoms with Gasteiger partial charge in [-0.2, -0.15) is 0 Å². The summed E-state index contributed by atoms with van der Waals surface area (Å²) in [5, 5.41) is 0. The Bertz CT molecular complexity index is 694. The molecule has 22 heavy (non-hydrogen) atoms. The number of benzene rings is 1. The van der Waals surface area contributed by atoms with E-state index in [1.54, 1.807) is 30.3 Å². The van der Waals surface area contributed by atoms with E-state index in [4.69, 9.17) is 30.3 Å². The predicted octanol–water partition coefficient (Wildman–Crippen LogP) is 3.79. The van der Waals surface area contributed by atoms with Crippen LogP contribution in [0.2, 0.25) is 0 Å². The van der Waals surface area contributed by atoms with Crippen LogP contribution in [0.5, 0.6) is 0 Å². The Kier molecular flexibility index (Phi) is 5.46. The van der Waals surface area contributed by atoms with Crippen molar-refractivity contribution in [2.45, 2.75) is 2.86 Å². The fourth-order valence-corrected chi connectivity index (χ4v) is 14.5. The van der Waals surface area contributed by atoms with Crippen molar-refractivity contribution in [3.8, 4) is 0 Å². The van der Waals surface area contributed by atoms with Gasteiger partial charge in [-0.3, -0.25) is 0 Å². The average Bonchev–Trinajstić information content (AvgIpc) is 2.84. The van der Waals surface area contributed by atoms with Gasteiger partial charge in [-0.15, -0.1) is 0 Å². The molecule has 2 N–H and O–H groups in total. The van der Waals surface area contributed by atoms with Crippen LogP contribution in [0, 0.1) is 0 Å². The van der Waals surface area contributed by atoms with Gasteiger partial charge in [0.2, 0.25) is 0 Å². The number of hydrogen-bond donors (Lipinski definition) is 2. The van der Waals surface area contributed by atoms with Crippen LogP contribution >= 0.6 is 33.1 Å². The Labute approximate surface area is 141 Å². The molecule has 2 rings (SSSR count). The second-order valence-electron chi connectivity index (χ2n) is 4.50. The molecule has 0 fully saturated rings. The molecule has 118 valence electrons. The van der Waals surface area contributed by atoms with Gasteiger partial charge < -0.3 is 0 Å². The molecule has 1 unspecified atom stereocenters. The summed E-state index contributed by atoms with van der Waals surface area (Å²) in [5.74, 6) is -0.724. The summed E-state index contributed by atoms with van der Waals surface area (Å²) >= 11 is -4.69. The second-order valence-corrected chi connectivity index (χ2v) is 25.3. The molecule has 1 aliphatic rings. The molecule has 0 radical (unpaired) electrons. The van der Waals surface area contributed by atoms with Gasteiger partial charge in [0.1, 0.15) is 0 Å². The van der Waals surface area contributed by atoms with E-state index in [1.165, 1.54) is 6.08 Å². The molecule has 0 saturated carbocycles. The Balaban J connectivity index is 2.31. The van der Waals surface area contributed by atoms with E-state index in [0.29, 0.717) is 5.56 Å². The second kappa shape index (κ2) is 6.53. The first-order valence-electron chi connectivity index (χ1n) is 5.88. The molecule has 5 nitrogen and oxygen atoms in total. The van der Waals surface area contributed by atoms with Crippen molar-refractivity contribution in [2.24, 2.45) is 0 Å². The van der Waals surface area contributed by atoms with E-state index in [9.17, 15) is 19.1 Å². The zero-order chi connectivity index (χ0) is 16.6. The van der Waals surface area contributed by atoms with Gasteiger partial charge in [0, 0.05) is 0 Å². The Morgan fingerprint density at radius 2 is 1.77 bits per heavy atom. The molecule has 0 aromatic heterocycles. The van der Waals surface area contributed by atoms with E-state index >= 15 is 0 Å². The molecular weight excluding hydrogens is 453 g/mol. The summed E-state index contributed by atoms with van der Waals surface area (Å²) in [6, 6.07) is 8.15. The van der Waals surface area contributed by atoms with Crippen LogP contribution in [-0.2, 0) is 26.0 Å². The summed E-state index contributed by atoms with van der Waals surface area (Å²) in [6.45, 7) is 0. The molecule has 1 atom stereocenters. The van der Waals surface area contributed by atoms with Crippen LogP contribution < -0.4 is 0 Å². The Morgan fingerprint density at radius 1 is 1.18 bits per heavy atom. The first kappa shape index (κ1) is 18.4. The van der Waals surface area contributed by atoms with Crippen molar-refractivity contribution < 1.29 is 40.6 Å². The van der Waals surface area contributed by atoms with Crippen LogP contribution in [0.15, 0.2) is 54.3 Å². The van der Waals surface area contributed by atoms with Crippen LogP contribution in [-0.4, -0.2) is 18.6 Å². The summed E-state index contributed by atoms with van der Waals surface area (Å²) in [5.41, 5.74) is 0.294. The molecule has 0 spiro atoms. The minimum atomic E-state index is -4.78. The zero-order valence-corrected chi connectivity index (χ0v) is 16.4. The number of rotatable bonds is 4. The van der Waals surface area contributed by atoms with Gasteiger partial charge >= 0.3 is 142 Å². The number of hydrogen-bond acceptors (Lipinski definition) is 3. The summed E-state index contributed by atoms with van der Waals surface area (Å²) in [7, 11) is 13.0. The van der Waals surface area contributed by atoms with Gasteiger partial charge in [0.15, 0.2) is 0 Å². The van der Waals surface area contributed by atoms with Gasteiger partial charge in [0.05, 0.1) is 0 Å². The number of carbonyl (C=O) groups excluding carboxylic acids is 1. The molecule has 0 heterocycles. The maximum absolute atomic E-state index is 11.9. The van der Waals surface area contributed by atoms with Crippen molar-refractivity contribution in [2.75, 3.05) is 0 Å². The van der Waals surface area contributed by atoms with Gasteiger partial charge in [-0.25, -0.2) is 0 Å². The molecule has 0 aliphatic heterocycles. The van der Waals surface area contributed by atoms with Gasteiger partial charge in [0.25, 0.3) is 0 Å². The normalized spacial score (nSPS) is 21.6. The molecule has 1 aromatic carbocycles. The third-order valence-corrected chi connectivity index (χ3v) is 19.3. The Morgan fingerprint density at radius 3 is 2.23 bits per heavy atom. The van der Waals surface area contributed by atoms with Crippen LogP contribution in [0.1, 0.15) is 10.4 Å². The number of allylic oxidation sites excluding steroid dienone is 3. The van der Waals surface area contributed by atoms with Crippen LogP contribution in [0.4, 0.5) is 0 Å². The van der Waals surface area contributed by atoms with Gasteiger partial charge in [-0.1, -0.05) is 0 Å². The quantitative estimate of drug-likeness (QED) is 0.525.